The van der Waals surface area contributed by atoms with E-state index in [-0.39, 0.29) is 44.0 Å². The molecule has 0 aromatic carbocycles. The molecule has 0 aromatic rings. The van der Waals surface area contributed by atoms with E-state index in [1.807, 2.05) is 21.1 Å². The summed E-state index contributed by atoms with van der Waals surface area (Å²) in [5, 5.41) is 0. The smallest absolute Gasteiger partial charge is 0.306 e. The number of hydrogen-bond donors (Lipinski definition) is 0. The number of carbonyl (C=O) groups excluding carboxylic acids is 3. The average Bonchev–Trinajstić information content (AvgIpc) is 3.59. The number of fused-ring (bicyclic) bond motifs is 5. The first-order chi connectivity index (χ1) is 30.8. The van der Waals surface area contributed by atoms with Gasteiger partial charge in [-0.15, -0.1) is 0 Å². The second-order valence-electron chi connectivity index (χ2n) is 22.8. The Morgan fingerprint density at radius 2 is 1.43 bits per heavy atom. The Hall–Kier alpha value is -1.78. The van der Waals surface area contributed by atoms with Gasteiger partial charge >= 0.3 is 17.9 Å². The second-order valence-corrected chi connectivity index (χ2v) is 24.2. The molecule has 0 bridgehead atoms. The van der Waals surface area contributed by atoms with E-state index in [1.54, 1.807) is 0 Å². The zero-order chi connectivity index (χ0) is 47.7. The fourth-order valence-electron chi connectivity index (χ4n) is 12.4. The van der Waals surface area contributed by atoms with Crippen molar-refractivity contribution in [2.24, 2.45) is 46.3 Å². The Balaban J connectivity index is 1.22. The number of phosphoric ester groups is 1. The lowest BCUT2D eigenvalue weighted by Crippen LogP contribution is -2.51. The molecule has 376 valence electrons. The fourth-order valence-corrected chi connectivity index (χ4v) is 13.1. The van der Waals surface area contributed by atoms with Gasteiger partial charge in [0.25, 0.3) is 7.82 Å². The minimum Gasteiger partial charge on any atom is -0.756 e. The molecule has 0 amide bonds. The molecule has 0 aromatic heterocycles. The van der Waals surface area contributed by atoms with E-state index < -0.39 is 38.4 Å². The maximum atomic E-state index is 13.2. The molecule has 4 rings (SSSR count). The molecule has 2 unspecified atom stereocenters. The van der Waals surface area contributed by atoms with Crippen LogP contribution in [0.3, 0.4) is 0 Å². The summed E-state index contributed by atoms with van der Waals surface area (Å²) in [4.78, 5) is 51.4. The second kappa shape index (κ2) is 26.8. The monoisotopic (exact) mass is 936 g/mol. The highest BCUT2D eigenvalue weighted by Gasteiger charge is 2.59. The highest BCUT2D eigenvalue weighted by atomic mass is 31.2. The SMILES string of the molecule is CCCCCCCCCCCCCC(=O)OCC(COP(=O)([O-])OCC[N+](C)(C)C)OC(=O)CCC(=O)O[C@H]1CC[C@@]2(C)C(=CC[C@H]3[C@@H]4CC[C@H]([C@H](C)CCCC(C)C)[C@@]4(C)CC[C@@H]32)C1. The summed E-state index contributed by atoms with van der Waals surface area (Å²) >= 11 is 0. The molecule has 10 atom stereocenters. The van der Waals surface area contributed by atoms with Gasteiger partial charge < -0.3 is 32.6 Å². The van der Waals surface area contributed by atoms with Crippen LogP contribution in [0, 0.1) is 46.3 Å². The van der Waals surface area contributed by atoms with Crippen LogP contribution >= 0.6 is 7.82 Å². The normalized spacial score (nSPS) is 28.3. The van der Waals surface area contributed by atoms with Crippen LogP contribution in [0.4, 0.5) is 0 Å². The molecular formula is C53H94NO10P. The molecule has 0 spiro atoms. The van der Waals surface area contributed by atoms with E-state index in [2.05, 4.69) is 47.6 Å². The number of quaternary nitrogens is 1. The van der Waals surface area contributed by atoms with Gasteiger partial charge in [0.1, 0.15) is 25.9 Å². The Bertz CT molecular complexity index is 1540. The number of carbonyl (C=O) groups is 3. The van der Waals surface area contributed by atoms with Gasteiger partial charge in [-0.05, 0) is 97.7 Å². The number of hydrogen-bond acceptors (Lipinski definition) is 10. The molecule has 0 saturated heterocycles. The molecule has 0 radical (unpaired) electrons. The molecular weight excluding hydrogens is 842 g/mol. The molecule has 0 heterocycles. The molecule has 0 N–H and O–H groups in total. The number of allylic oxidation sites excluding steroid dienone is 1. The van der Waals surface area contributed by atoms with Crippen LogP contribution in [0.2, 0.25) is 0 Å². The van der Waals surface area contributed by atoms with Gasteiger partial charge in [-0.2, -0.15) is 0 Å². The predicted octanol–water partition coefficient (Wildman–Crippen LogP) is 12.1. The third kappa shape index (κ3) is 18.2. The minimum atomic E-state index is -4.73. The molecule has 3 fully saturated rings. The van der Waals surface area contributed by atoms with Gasteiger partial charge in [0.15, 0.2) is 6.10 Å². The van der Waals surface area contributed by atoms with Gasteiger partial charge in [-0.1, -0.05) is 137 Å². The number of phosphoric acid groups is 1. The topological polar surface area (TPSA) is 137 Å². The summed E-state index contributed by atoms with van der Waals surface area (Å²) in [7, 11) is 1.00. The quantitative estimate of drug-likeness (QED) is 0.0165. The van der Waals surface area contributed by atoms with Gasteiger partial charge in [0.2, 0.25) is 0 Å². The highest BCUT2D eigenvalue weighted by molar-refractivity contribution is 7.45. The van der Waals surface area contributed by atoms with Crippen molar-refractivity contribution < 1.29 is 51.6 Å². The maximum Gasteiger partial charge on any atom is 0.306 e. The van der Waals surface area contributed by atoms with Crippen molar-refractivity contribution in [1.29, 1.82) is 0 Å². The van der Waals surface area contributed by atoms with Gasteiger partial charge in [-0.25, -0.2) is 0 Å². The Morgan fingerprint density at radius 1 is 0.769 bits per heavy atom. The van der Waals surface area contributed by atoms with E-state index in [0.717, 1.165) is 74.5 Å². The number of ether oxygens (including phenoxy) is 3. The average molecular weight is 936 g/mol. The lowest BCUT2D eigenvalue weighted by Gasteiger charge is -2.58. The van der Waals surface area contributed by atoms with Crippen LogP contribution in [0.25, 0.3) is 0 Å². The number of unbranched alkanes of at least 4 members (excludes halogenated alkanes) is 10. The van der Waals surface area contributed by atoms with Crippen LogP contribution in [0.5, 0.6) is 0 Å². The first-order valence-electron chi connectivity index (χ1n) is 26.4. The van der Waals surface area contributed by atoms with Crippen LogP contribution in [0.1, 0.15) is 202 Å². The maximum absolute atomic E-state index is 13.2. The Morgan fingerprint density at radius 3 is 2.09 bits per heavy atom. The van der Waals surface area contributed by atoms with Crippen LogP contribution in [-0.2, 0) is 42.2 Å². The number of rotatable bonds is 31. The minimum absolute atomic E-state index is 0.0813. The summed E-state index contributed by atoms with van der Waals surface area (Å²) in [5.41, 5.74) is 2.02. The Kier molecular flexibility index (Phi) is 23.0. The van der Waals surface area contributed by atoms with Crippen molar-refractivity contribution in [3.8, 4) is 0 Å². The van der Waals surface area contributed by atoms with Crippen LogP contribution in [0.15, 0.2) is 11.6 Å². The molecule has 4 aliphatic carbocycles. The zero-order valence-corrected chi connectivity index (χ0v) is 43.6. The predicted molar refractivity (Wildman–Crippen MR) is 256 cm³/mol. The molecule has 0 aliphatic heterocycles. The van der Waals surface area contributed by atoms with Gasteiger partial charge in [0, 0.05) is 12.8 Å². The van der Waals surface area contributed by atoms with Crippen molar-refractivity contribution in [3.05, 3.63) is 11.6 Å². The third-order valence-electron chi connectivity index (χ3n) is 16.2. The summed E-state index contributed by atoms with van der Waals surface area (Å²) in [5.74, 6) is 2.95. The number of esters is 3. The van der Waals surface area contributed by atoms with Crippen molar-refractivity contribution in [3.63, 3.8) is 0 Å². The lowest BCUT2D eigenvalue weighted by atomic mass is 9.47. The summed E-state index contributed by atoms with van der Waals surface area (Å²) in [6.45, 7) is 13.9. The number of nitrogens with zero attached hydrogens (tertiary/aromatic N) is 1. The van der Waals surface area contributed by atoms with E-state index in [9.17, 15) is 23.8 Å². The standard InChI is InChI=1S/C53H94NO10P/c1-10-11-12-13-14-15-16-17-18-19-20-24-49(55)60-38-44(39-62-65(58,59)61-36-35-54(7,8)9)64-51(57)30-29-50(56)63-43-31-33-52(5)42(37-43)25-26-45-47-28-27-46(41(4)23-21-22-40(2)3)53(47,6)34-32-48(45)52/h25,40-41,43-48H,10-24,26-39H2,1-9H3/t41-,43+,44?,45+,46-,47+,48+,52+,53-/m1/s1. The van der Waals surface area contributed by atoms with Crippen molar-refractivity contribution >= 4 is 25.7 Å². The van der Waals surface area contributed by atoms with E-state index in [4.69, 9.17) is 23.3 Å². The van der Waals surface area contributed by atoms with Crippen LogP contribution < -0.4 is 4.89 Å². The van der Waals surface area contributed by atoms with Crippen molar-refractivity contribution in [1.82, 2.24) is 0 Å². The lowest BCUT2D eigenvalue weighted by molar-refractivity contribution is -0.870. The molecule has 3 saturated carbocycles. The third-order valence-corrected chi connectivity index (χ3v) is 17.2. The van der Waals surface area contributed by atoms with Gasteiger partial charge in [-0.3, -0.25) is 18.9 Å². The summed E-state index contributed by atoms with van der Waals surface area (Å²) in [6, 6.07) is 0. The van der Waals surface area contributed by atoms with E-state index in [0.29, 0.717) is 28.8 Å². The first-order valence-corrected chi connectivity index (χ1v) is 27.9. The summed E-state index contributed by atoms with van der Waals surface area (Å²) < 4.78 is 40.1. The van der Waals surface area contributed by atoms with E-state index >= 15 is 0 Å². The highest BCUT2D eigenvalue weighted by Crippen LogP contribution is 2.67. The van der Waals surface area contributed by atoms with Crippen molar-refractivity contribution in [2.45, 2.75) is 214 Å². The zero-order valence-electron chi connectivity index (χ0n) is 42.7. The molecule has 11 nitrogen and oxygen atoms in total. The first kappa shape index (κ1) is 55.8. The largest absolute Gasteiger partial charge is 0.756 e. The summed E-state index contributed by atoms with van der Waals surface area (Å²) in [6.07, 6.45) is 26.7. The molecule has 65 heavy (non-hydrogen) atoms. The molecule has 12 heteroatoms. The van der Waals surface area contributed by atoms with Crippen LogP contribution in [-0.4, -0.2) is 82.1 Å². The van der Waals surface area contributed by atoms with E-state index in [1.165, 1.54) is 95.5 Å². The fraction of sp³-hybridized carbons (Fsp3) is 0.906. The van der Waals surface area contributed by atoms with Gasteiger partial charge in [0.05, 0.1) is 40.6 Å². The Labute approximate surface area is 395 Å². The van der Waals surface area contributed by atoms with Crippen molar-refractivity contribution in [2.75, 3.05) is 47.5 Å². The number of likely N-dealkylation sites (N-methyl/N-ethyl adjacent to an activating group) is 1. The molecule has 4 aliphatic rings.